The molecule has 3 rings (SSSR count). The molecule has 0 saturated carbocycles. The Labute approximate surface area is 147 Å². The summed E-state index contributed by atoms with van der Waals surface area (Å²) < 4.78 is 10.3. The second-order valence-corrected chi connectivity index (χ2v) is 6.54. The van der Waals surface area contributed by atoms with Crippen molar-refractivity contribution in [3.8, 4) is 11.5 Å². The van der Waals surface area contributed by atoms with E-state index in [0.717, 1.165) is 37.2 Å². The van der Waals surface area contributed by atoms with Crippen molar-refractivity contribution in [2.75, 3.05) is 26.7 Å². The van der Waals surface area contributed by atoms with Gasteiger partial charge >= 0.3 is 0 Å². The van der Waals surface area contributed by atoms with E-state index in [1.807, 2.05) is 13.0 Å². The van der Waals surface area contributed by atoms with Crippen LogP contribution in [0.2, 0.25) is 0 Å². The molecule has 25 heavy (non-hydrogen) atoms. The lowest BCUT2D eigenvalue weighted by Gasteiger charge is -2.17. The van der Waals surface area contributed by atoms with Gasteiger partial charge in [-0.1, -0.05) is 6.07 Å². The third-order valence-corrected chi connectivity index (χ3v) is 4.64. The van der Waals surface area contributed by atoms with Crippen molar-refractivity contribution in [2.45, 2.75) is 19.9 Å². The predicted molar refractivity (Wildman–Crippen MR) is 93.8 cm³/mol. The number of amides is 1. The van der Waals surface area contributed by atoms with Crippen molar-refractivity contribution in [3.63, 3.8) is 0 Å². The van der Waals surface area contributed by atoms with Crippen LogP contribution in [0.5, 0.6) is 11.5 Å². The average molecular weight is 344 g/mol. The van der Waals surface area contributed by atoms with E-state index < -0.39 is 0 Å². The number of phenols is 1. The van der Waals surface area contributed by atoms with Gasteiger partial charge in [0.25, 0.3) is 5.91 Å². The number of hydrogen-bond acceptors (Lipinski definition) is 5. The Kier molecular flexibility index (Phi) is 5.28. The third kappa shape index (κ3) is 4.14. The fraction of sp³-hybridized carbons (Fsp3) is 0.421. The highest BCUT2D eigenvalue weighted by molar-refractivity contribution is 5.92. The topological polar surface area (TPSA) is 74.9 Å². The number of methoxy groups -OCH3 is 1. The number of phenolic OH excluding ortho intramolecular Hbond substituents is 1. The summed E-state index contributed by atoms with van der Waals surface area (Å²) in [6.45, 7) is 5.18. The SMILES string of the molecule is COc1ccc(CN2CC[C@@H](CNC(=O)c3occc3C)C2)cc1O. The molecule has 0 spiro atoms. The first-order chi connectivity index (χ1) is 12.1. The lowest BCUT2D eigenvalue weighted by atomic mass is 10.1. The summed E-state index contributed by atoms with van der Waals surface area (Å²) in [6, 6.07) is 7.28. The number of nitrogens with one attached hydrogen (secondary N) is 1. The molecule has 1 aromatic heterocycles. The van der Waals surface area contributed by atoms with E-state index in [2.05, 4.69) is 10.2 Å². The molecular formula is C19H24N2O4. The number of carbonyl (C=O) groups is 1. The molecule has 1 saturated heterocycles. The molecule has 1 aliphatic heterocycles. The standard InChI is InChI=1S/C19H24N2O4/c1-13-6-8-25-18(13)19(23)20-10-15-5-7-21(12-15)11-14-3-4-17(24-2)16(22)9-14/h3-4,6,8-9,15,22H,5,7,10-12H2,1-2H3,(H,20,23)/t15-/m0/s1. The van der Waals surface area contributed by atoms with Gasteiger partial charge in [-0.05, 0) is 49.6 Å². The lowest BCUT2D eigenvalue weighted by Crippen LogP contribution is -2.31. The van der Waals surface area contributed by atoms with Gasteiger partial charge in [0, 0.05) is 25.2 Å². The molecule has 0 radical (unpaired) electrons. The predicted octanol–water partition coefficient (Wildman–Crippen LogP) is 2.55. The molecule has 0 unspecified atom stereocenters. The molecule has 1 aliphatic rings. The van der Waals surface area contributed by atoms with Gasteiger partial charge in [0.1, 0.15) is 0 Å². The number of hydrogen-bond donors (Lipinski definition) is 2. The van der Waals surface area contributed by atoms with Crippen LogP contribution in [0, 0.1) is 12.8 Å². The van der Waals surface area contributed by atoms with E-state index in [1.54, 1.807) is 18.2 Å². The minimum atomic E-state index is -0.152. The summed E-state index contributed by atoms with van der Waals surface area (Å²) in [4.78, 5) is 14.4. The number of rotatable bonds is 6. The first kappa shape index (κ1) is 17.4. The van der Waals surface area contributed by atoms with Gasteiger partial charge in [-0.2, -0.15) is 0 Å². The second-order valence-electron chi connectivity index (χ2n) is 6.54. The van der Waals surface area contributed by atoms with Gasteiger partial charge in [-0.3, -0.25) is 9.69 Å². The Morgan fingerprint density at radius 1 is 1.44 bits per heavy atom. The number of benzene rings is 1. The molecule has 2 aromatic rings. The Morgan fingerprint density at radius 3 is 2.96 bits per heavy atom. The second kappa shape index (κ2) is 7.61. The molecule has 1 amide bonds. The monoisotopic (exact) mass is 344 g/mol. The summed E-state index contributed by atoms with van der Waals surface area (Å²) in [6.07, 6.45) is 2.57. The van der Waals surface area contributed by atoms with Gasteiger partial charge in [0.2, 0.25) is 0 Å². The van der Waals surface area contributed by atoms with E-state index >= 15 is 0 Å². The van der Waals surface area contributed by atoms with Crippen LogP contribution in [0.25, 0.3) is 0 Å². The van der Waals surface area contributed by atoms with Crippen LogP contribution in [-0.2, 0) is 6.54 Å². The molecule has 6 heteroatoms. The number of aromatic hydroxyl groups is 1. The molecule has 1 fully saturated rings. The summed E-state index contributed by atoms with van der Waals surface area (Å²) >= 11 is 0. The van der Waals surface area contributed by atoms with E-state index in [0.29, 0.717) is 24.0 Å². The Bertz CT molecular complexity index is 741. The number of likely N-dealkylation sites (tertiary alicyclic amines) is 1. The van der Waals surface area contributed by atoms with E-state index in [1.165, 1.54) is 13.4 Å². The number of nitrogens with zero attached hydrogens (tertiary/aromatic N) is 1. The zero-order chi connectivity index (χ0) is 17.8. The third-order valence-electron chi connectivity index (χ3n) is 4.64. The highest BCUT2D eigenvalue weighted by atomic mass is 16.5. The maximum atomic E-state index is 12.1. The van der Waals surface area contributed by atoms with Gasteiger partial charge in [0.05, 0.1) is 13.4 Å². The zero-order valence-corrected chi connectivity index (χ0v) is 14.6. The van der Waals surface area contributed by atoms with Crippen LogP contribution in [-0.4, -0.2) is 42.7 Å². The molecule has 2 N–H and O–H groups in total. The molecular weight excluding hydrogens is 320 g/mol. The maximum Gasteiger partial charge on any atom is 0.287 e. The summed E-state index contributed by atoms with van der Waals surface area (Å²) in [7, 11) is 1.54. The highest BCUT2D eigenvalue weighted by Crippen LogP contribution is 2.27. The minimum absolute atomic E-state index is 0.152. The Morgan fingerprint density at radius 2 is 2.28 bits per heavy atom. The molecule has 2 heterocycles. The molecule has 0 bridgehead atoms. The van der Waals surface area contributed by atoms with Crippen LogP contribution >= 0.6 is 0 Å². The Balaban J connectivity index is 1.48. The van der Waals surface area contributed by atoms with Crippen molar-refractivity contribution in [1.29, 1.82) is 0 Å². The summed E-state index contributed by atoms with van der Waals surface area (Å²) in [5, 5.41) is 12.8. The number of ether oxygens (including phenoxy) is 1. The zero-order valence-electron chi connectivity index (χ0n) is 14.6. The molecule has 1 aromatic carbocycles. The lowest BCUT2D eigenvalue weighted by molar-refractivity contribution is 0.0918. The van der Waals surface area contributed by atoms with Crippen molar-refractivity contribution in [3.05, 3.63) is 47.4 Å². The number of aryl methyl sites for hydroxylation is 1. The fourth-order valence-corrected chi connectivity index (χ4v) is 3.24. The summed E-state index contributed by atoms with van der Waals surface area (Å²) in [5.41, 5.74) is 1.90. The maximum absolute atomic E-state index is 12.1. The van der Waals surface area contributed by atoms with Crippen molar-refractivity contribution < 1.29 is 19.1 Å². The highest BCUT2D eigenvalue weighted by Gasteiger charge is 2.24. The van der Waals surface area contributed by atoms with E-state index in [-0.39, 0.29) is 11.7 Å². The van der Waals surface area contributed by atoms with Gasteiger partial charge in [-0.15, -0.1) is 0 Å². The van der Waals surface area contributed by atoms with Crippen LogP contribution in [0.1, 0.15) is 28.1 Å². The quantitative estimate of drug-likeness (QED) is 0.842. The summed E-state index contributed by atoms with van der Waals surface area (Å²) in [5.74, 6) is 1.31. The first-order valence-corrected chi connectivity index (χ1v) is 8.47. The van der Waals surface area contributed by atoms with Crippen molar-refractivity contribution in [1.82, 2.24) is 10.2 Å². The smallest absolute Gasteiger partial charge is 0.287 e. The van der Waals surface area contributed by atoms with Gasteiger partial charge in [-0.25, -0.2) is 0 Å². The van der Waals surface area contributed by atoms with Crippen LogP contribution in [0.3, 0.4) is 0 Å². The van der Waals surface area contributed by atoms with Crippen molar-refractivity contribution >= 4 is 5.91 Å². The largest absolute Gasteiger partial charge is 0.504 e. The first-order valence-electron chi connectivity index (χ1n) is 8.47. The van der Waals surface area contributed by atoms with E-state index in [9.17, 15) is 9.90 Å². The van der Waals surface area contributed by atoms with Gasteiger partial charge < -0.3 is 19.6 Å². The van der Waals surface area contributed by atoms with Gasteiger partial charge in [0.15, 0.2) is 17.3 Å². The normalized spacial score (nSPS) is 17.6. The van der Waals surface area contributed by atoms with Crippen molar-refractivity contribution in [2.24, 2.45) is 5.92 Å². The molecule has 1 atom stereocenters. The minimum Gasteiger partial charge on any atom is -0.504 e. The van der Waals surface area contributed by atoms with Crippen LogP contribution < -0.4 is 10.1 Å². The van der Waals surface area contributed by atoms with E-state index in [4.69, 9.17) is 9.15 Å². The fourth-order valence-electron chi connectivity index (χ4n) is 3.24. The number of carbonyl (C=O) groups excluding carboxylic acids is 1. The van der Waals surface area contributed by atoms with Crippen LogP contribution in [0.4, 0.5) is 0 Å². The molecule has 0 aliphatic carbocycles. The number of furan rings is 1. The van der Waals surface area contributed by atoms with Crippen LogP contribution in [0.15, 0.2) is 34.9 Å². The Hall–Kier alpha value is -2.47. The molecule has 134 valence electrons. The average Bonchev–Trinajstić information content (AvgIpc) is 3.22. The molecule has 6 nitrogen and oxygen atoms in total.